The van der Waals surface area contributed by atoms with Crippen molar-refractivity contribution in [3.63, 3.8) is 0 Å². The summed E-state index contributed by atoms with van der Waals surface area (Å²) in [7, 11) is -3.74. The van der Waals surface area contributed by atoms with Crippen molar-refractivity contribution in [1.82, 2.24) is 14.5 Å². The molecular formula is C30H29F2N5O4S. The summed E-state index contributed by atoms with van der Waals surface area (Å²) >= 11 is 0. The molecule has 5 rings (SSSR count). The molecule has 1 amide bonds. The monoisotopic (exact) mass is 593 g/mol. The van der Waals surface area contributed by atoms with Crippen LogP contribution in [-0.4, -0.2) is 60.7 Å². The molecule has 0 saturated carbocycles. The highest BCUT2D eigenvalue weighted by Gasteiger charge is 2.30. The number of nitrogens with zero attached hydrogens (tertiary/aromatic N) is 4. The summed E-state index contributed by atoms with van der Waals surface area (Å²) < 4.78 is 58.7. The molecule has 0 bridgehead atoms. The Morgan fingerprint density at radius 1 is 1.07 bits per heavy atom. The quantitative estimate of drug-likeness (QED) is 0.336. The number of aromatic nitrogens is 2. The van der Waals surface area contributed by atoms with E-state index in [9.17, 15) is 22.4 Å². The van der Waals surface area contributed by atoms with E-state index in [4.69, 9.17) is 0 Å². The van der Waals surface area contributed by atoms with Gasteiger partial charge in [0, 0.05) is 42.2 Å². The fourth-order valence-corrected chi connectivity index (χ4v) is 5.95. The van der Waals surface area contributed by atoms with Gasteiger partial charge in [-0.1, -0.05) is 36.9 Å². The number of fused-ring (bicyclic) bond motifs is 1. The van der Waals surface area contributed by atoms with Gasteiger partial charge in [0.2, 0.25) is 15.9 Å². The van der Waals surface area contributed by atoms with Gasteiger partial charge in [-0.25, -0.2) is 22.0 Å². The topological polar surface area (TPSA) is 105 Å². The number of anilines is 2. The zero-order chi connectivity index (χ0) is 30.3. The highest BCUT2D eigenvalue weighted by Crippen LogP contribution is 2.36. The number of nitrogens with one attached hydrogen (secondary N) is 1. The van der Waals surface area contributed by atoms with Crippen molar-refractivity contribution < 1.29 is 22.0 Å². The zero-order valence-corrected chi connectivity index (χ0v) is 24.1. The standard InChI is InChI=1S/C30H29F2N5O4S/c1-5-27(38)35-13-14-36(19(3)17-35)29-22-15-24(32)21(20-10-6-7-11-23(20)31)16-26(22)37(30(39)33-29)28-18(2)9-8-12-25(28)34-42(4,40)41/h5-12,15-16,19,34H,1,13-14,17H2,2-4H3/t19-/m0/s1. The van der Waals surface area contributed by atoms with Crippen molar-refractivity contribution in [2.75, 3.05) is 35.5 Å². The minimum Gasteiger partial charge on any atom is -0.350 e. The van der Waals surface area contributed by atoms with E-state index in [1.807, 2.05) is 11.8 Å². The van der Waals surface area contributed by atoms with Crippen LogP contribution in [0.2, 0.25) is 0 Å². The van der Waals surface area contributed by atoms with Crippen LogP contribution in [0.4, 0.5) is 20.3 Å². The summed E-state index contributed by atoms with van der Waals surface area (Å²) in [5.41, 5.74) is 0.251. The number of para-hydroxylation sites is 1. The van der Waals surface area contributed by atoms with E-state index < -0.39 is 27.3 Å². The van der Waals surface area contributed by atoms with Crippen LogP contribution in [0, 0.1) is 18.6 Å². The fourth-order valence-electron chi connectivity index (χ4n) is 5.39. The Bertz CT molecular complexity index is 1910. The SMILES string of the molecule is C=CC(=O)N1CCN(c2nc(=O)n(-c3c(C)cccc3NS(C)(=O)=O)c3cc(-c4ccccc4F)c(F)cc23)[C@@H](C)C1. The van der Waals surface area contributed by atoms with E-state index in [0.29, 0.717) is 25.2 Å². The molecular weight excluding hydrogens is 564 g/mol. The van der Waals surface area contributed by atoms with Crippen molar-refractivity contribution in [3.05, 3.63) is 94.9 Å². The largest absolute Gasteiger partial charge is 0.354 e. The van der Waals surface area contributed by atoms with Gasteiger partial charge in [0.1, 0.15) is 17.5 Å². The third-order valence-corrected chi connectivity index (χ3v) is 7.86. The molecule has 1 saturated heterocycles. The number of carbonyl (C=O) groups excluding carboxylic acids is 1. The third-order valence-electron chi connectivity index (χ3n) is 7.27. The van der Waals surface area contributed by atoms with Gasteiger partial charge >= 0.3 is 5.69 Å². The Morgan fingerprint density at radius 2 is 1.81 bits per heavy atom. The number of hydrogen-bond acceptors (Lipinski definition) is 6. The summed E-state index contributed by atoms with van der Waals surface area (Å²) in [6.07, 6.45) is 2.23. The van der Waals surface area contributed by atoms with Gasteiger partial charge < -0.3 is 9.80 Å². The Morgan fingerprint density at radius 3 is 2.48 bits per heavy atom. The molecule has 1 aromatic heterocycles. The van der Waals surface area contributed by atoms with Gasteiger partial charge in [-0.15, -0.1) is 0 Å². The van der Waals surface area contributed by atoms with Crippen LogP contribution >= 0.6 is 0 Å². The van der Waals surface area contributed by atoms with Crippen molar-refractivity contribution in [2.24, 2.45) is 0 Å². The lowest BCUT2D eigenvalue weighted by molar-refractivity contribution is -0.126. The maximum absolute atomic E-state index is 15.8. The lowest BCUT2D eigenvalue weighted by atomic mass is 10.0. The molecule has 0 aliphatic carbocycles. The number of piperazine rings is 1. The van der Waals surface area contributed by atoms with Gasteiger partial charge in [0.05, 0.1) is 23.1 Å². The number of halogens is 2. The molecule has 1 fully saturated rings. The summed E-state index contributed by atoms with van der Waals surface area (Å²) in [6.45, 7) is 8.08. The molecule has 42 heavy (non-hydrogen) atoms. The molecule has 1 atom stereocenters. The van der Waals surface area contributed by atoms with Crippen LogP contribution in [-0.2, 0) is 14.8 Å². The summed E-state index contributed by atoms with van der Waals surface area (Å²) in [6, 6.07) is 12.9. The highest BCUT2D eigenvalue weighted by atomic mass is 32.2. The number of rotatable bonds is 6. The molecule has 12 heteroatoms. The Balaban J connectivity index is 1.82. The van der Waals surface area contributed by atoms with Crippen molar-refractivity contribution in [3.8, 4) is 16.8 Å². The van der Waals surface area contributed by atoms with Gasteiger partial charge in [0.25, 0.3) is 0 Å². The van der Waals surface area contributed by atoms with Gasteiger partial charge in [-0.2, -0.15) is 4.98 Å². The Hall–Kier alpha value is -4.58. The molecule has 1 N–H and O–H groups in total. The minimum atomic E-state index is -3.74. The Kier molecular flexibility index (Phi) is 7.58. The van der Waals surface area contributed by atoms with Crippen LogP contribution in [0.5, 0.6) is 0 Å². The second-order valence-electron chi connectivity index (χ2n) is 10.3. The first-order valence-corrected chi connectivity index (χ1v) is 15.1. The predicted molar refractivity (Wildman–Crippen MR) is 159 cm³/mol. The molecule has 1 aliphatic heterocycles. The Labute approximate surface area is 241 Å². The van der Waals surface area contributed by atoms with E-state index in [2.05, 4.69) is 16.3 Å². The van der Waals surface area contributed by atoms with E-state index in [-0.39, 0.29) is 51.2 Å². The summed E-state index contributed by atoms with van der Waals surface area (Å²) in [5.74, 6) is -1.39. The molecule has 4 aromatic rings. The molecule has 3 aromatic carbocycles. The van der Waals surface area contributed by atoms with Crippen LogP contribution < -0.4 is 15.3 Å². The maximum atomic E-state index is 15.8. The number of benzene rings is 3. The predicted octanol–water partition coefficient (Wildman–Crippen LogP) is 4.23. The van der Waals surface area contributed by atoms with Gasteiger partial charge in [0.15, 0.2) is 0 Å². The average molecular weight is 594 g/mol. The molecule has 218 valence electrons. The molecule has 0 unspecified atom stereocenters. The smallest absolute Gasteiger partial charge is 0.350 e. The van der Waals surface area contributed by atoms with E-state index in [1.165, 1.54) is 47.0 Å². The molecule has 0 spiro atoms. The van der Waals surface area contributed by atoms with Crippen LogP contribution in [0.15, 0.2) is 72.0 Å². The first-order valence-electron chi connectivity index (χ1n) is 13.2. The van der Waals surface area contributed by atoms with Crippen LogP contribution in [0.1, 0.15) is 12.5 Å². The first kappa shape index (κ1) is 28.9. The lowest BCUT2D eigenvalue weighted by Gasteiger charge is -2.40. The zero-order valence-electron chi connectivity index (χ0n) is 23.3. The number of sulfonamides is 1. The first-order chi connectivity index (χ1) is 19.9. The van der Waals surface area contributed by atoms with Crippen molar-refractivity contribution in [1.29, 1.82) is 0 Å². The van der Waals surface area contributed by atoms with Crippen LogP contribution in [0.25, 0.3) is 27.7 Å². The summed E-state index contributed by atoms with van der Waals surface area (Å²) in [5, 5.41) is 0.260. The van der Waals surface area contributed by atoms with Gasteiger partial charge in [-0.05, 0) is 49.8 Å². The lowest BCUT2D eigenvalue weighted by Crippen LogP contribution is -2.54. The second kappa shape index (κ2) is 11.0. The number of amides is 1. The molecule has 0 radical (unpaired) electrons. The molecule has 9 nitrogen and oxygen atoms in total. The molecule has 1 aliphatic rings. The second-order valence-corrected chi connectivity index (χ2v) is 12.0. The van der Waals surface area contributed by atoms with E-state index in [1.54, 1.807) is 30.0 Å². The minimum absolute atomic E-state index is 0.00144. The van der Waals surface area contributed by atoms with Gasteiger partial charge in [-0.3, -0.25) is 14.1 Å². The average Bonchev–Trinajstić information content (AvgIpc) is 2.93. The number of carbonyl (C=O) groups is 1. The summed E-state index contributed by atoms with van der Waals surface area (Å²) in [4.78, 5) is 34.0. The van der Waals surface area contributed by atoms with Crippen LogP contribution in [0.3, 0.4) is 0 Å². The van der Waals surface area contributed by atoms with Crippen molar-refractivity contribution >= 4 is 38.3 Å². The third kappa shape index (κ3) is 5.37. The maximum Gasteiger partial charge on any atom is 0.354 e. The normalized spacial score (nSPS) is 15.6. The molecule has 2 heterocycles. The van der Waals surface area contributed by atoms with Crippen molar-refractivity contribution in [2.45, 2.75) is 19.9 Å². The van der Waals surface area contributed by atoms with E-state index >= 15 is 4.39 Å². The van der Waals surface area contributed by atoms with E-state index in [0.717, 1.165) is 6.26 Å². The number of hydrogen-bond donors (Lipinski definition) is 1. The fraction of sp³-hybridized carbons (Fsp3) is 0.233. The highest BCUT2D eigenvalue weighted by molar-refractivity contribution is 7.92. The number of aryl methyl sites for hydroxylation is 1.